The van der Waals surface area contributed by atoms with E-state index in [1.165, 1.54) is 0 Å². The van der Waals surface area contributed by atoms with Gasteiger partial charge in [0, 0.05) is 0 Å². The quantitative estimate of drug-likeness (QED) is 0.403. The third kappa shape index (κ3) is 5.89. The lowest BCUT2D eigenvalue weighted by Crippen LogP contribution is -2.20. The molecule has 2 unspecified atom stereocenters. The molecule has 0 aliphatic heterocycles. The second kappa shape index (κ2) is 6.74. The van der Waals surface area contributed by atoms with Crippen molar-refractivity contribution in [2.24, 2.45) is 5.92 Å². The Hall–Kier alpha value is -0.670. The first-order valence-corrected chi connectivity index (χ1v) is 6.35. The summed E-state index contributed by atoms with van der Waals surface area (Å²) >= 11 is 0. The first-order valence-electron chi connectivity index (χ1n) is 3.55. The zero-order valence-corrected chi connectivity index (χ0v) is 8.99. The van der Waals surface area contributed by atoms with Crippen LogP contribution in [0, 0.1) is 5.92 Å². The van der Waals surface area contributed by atoms with Crippen LogP contribution >= 0.6 is 16.1 Å². The van der Waals surface area contributed by atoms with Gasteiger partial charge in [0.25, 0.3) is 0 Å². The van der Waals surface area contributed by atoms with Gasteiger partial charge < -0.3 is 4.74 Å². The molecular formula is C6H10O6P2+2. The van der Waals surface area contributed by atoms with Crippen molar-refractivity contribution in [3.63, 3.8) is 0 Å². The van der Waals surface area contributed by atoms with Crippen LogP contribution in [-0.2, 0) is 18.7 Å². The number of carbonyl (C=O) groups excluding carboxylic acids is 1. The second-order valence-corrected chi connectivity index (χ2v) is 4.51. The van der Waals surface area contributed by atoms with E-state index in [9.17, 15) is 13.9 Å². The molecule has 2 N–H and O–H groups in total. The van der Waals surface area contributed by atoms with Gasteiger partial charge in [-0.1, -0.05) is 6.58 Å². The molecule has 0 spiro atoms. The fraction of sp³-hybridized carbons (Fsp3) is 0.500. The van der Waals surface area contributed by atoms with Gasteiger partial charge in [0.15, 0.2) is 18.2 Å². The fourth-order valence-electron chi connectivity index (χ4n) is 0.762. The van der Waals surface area contributed by atoms with E-state index in [2.05, 4.69) is 11.3 Å². The second-order valence-electron chi connectivity index (χ2n) is 2.37. The molecule has 0 aromatic rings. The van der Waals surface area contributed by atoms with E-state index >= 15 is 0 Å². The third-order valence-corrected chi connectivity index (χ3v) is 2.79. The van der Waals surface area contributed by atoms with Gasteiger partial charge in [0.2, 0.25) is 0 Å². The molecule has 0 saturated carbocycles. The van der Waals surface area contributed by atoms with Crippen LogP contribution in [0.1, 0.15) is 0 Å². The summed E-state index contributed by atoms with van der Waals surface area (Å²) in [6, 6.07) is 0. The number of ether oxygens (including phenoxy) is 1. The van der Waals surface area contributed by atoms with Crippen molar-refractivity contribution < 1.29 is 28.4 Å². The van der Waals surface area contributed by atoms with Crippen LogP contribution in [0.4, 0.5) is 0 Å². The van der Waals surface area contributed by atoms with Crippen LogP contribution in [-0.4, -0.2) is 28.1 Å². The molecular weight excluding hydrogens is 230 g/mol. The smallest absolute Gasteiger partial charge is 0.435 e. The molecule has 0 fully saturated rings. The van der Waals surface area contributed by atoms with Crippen molar-refractivity contribution in [3.8, 4) is 0 Å². The number of rotatable bonds is 6. The summed E-state index contributed by atoms with van der Waals surface area (Å²) in [4.78, 5) is 28.1. The Labute approximate surface area is 82.3 Å². The van der Waals surface area contributed by atoms with Crippen molar-refractivity contribution in [3.05, 3.63) is 12.8 Å². The van der Waals surface area contributed by atoms with Crippen LogP contribution in [0.3, 0.4) is 0 Å². The van der Waals surface area contributed by atoms with Gasteiger partial charge >= 0.3 is 22.0 Å². The third-order valence-electron chi connectivity index (χ3n) is 1.29. The summed E-state index contributed by atoms with van der Waals surface area (Å²) < 4.78 is 25.2. The Morgan fingerprint density at radius 3 is 2.07 bits per heavy atom. The average Bonchev–Trinajstić information content (AvgIpc) is 2.01. The van der Waals surface area contributed by atoms with Gasteiger partial charge in [-0.3, -0.25) is 4.79 Å². The number of hydrogen-bond donors (Lipinski definition) is 2. The van der Waals surface area contributed by atoms with E-state index in [4.69, 9.17) is 9.79 Å². The van der Waals surface area contributed by atoms with E-state index in [0.29, 0.717) is 0 Å². The number of esters is 1. The van der Waals surface area contributed by atoms with E-state index in [-0.39, 0.29) is 12.3 Å². The predicted octanol–water partition coefficient (Wildman–Crippen LogP) is 0.759. The Morgan fingerprint density at radius 2 is 1.79 bits per heavy atom. The summed E-state index contributed by atoms with van der Waals surface area (Å²) in [5, 5.41) is 0. The largest absolute Gasteiger partial charge is 0.506 e. The molecule has 0 saturated heterocycles. The molecule has 0 radical (unpaired) electrons. The maximum absolute atomic E-state index is 11.0. The molecule has 0 amide bonds. The van der Waals surface area contributed by atoms with Gasteiger partial charge in [-0.25, -0.2) is 0 Å². The van der Waals surface area contributed by atoms with Gasteiger partial charge in [0.05, 0.1) is 6.26 Å². The van der Waals surface area contributed by atoms with Crippen LogP contribution in [0.5, 0.6) is 0 Å². The maximum atomic E-state index is 11.0. The maximum Gasteiger partial charge on any atom is 0.506 e. The minimum absolute atomic E-state index is 0.385. The van der Waals surface area contributed by atoms with E-state index in [0.717, 1.165) is 6.26 Å². The summed E-state index contributed by atoms with van der Waals surface area (Å²) in [7, 11) is -5.08. The highest BCUT2D eigenvalue weighted by Gasteiger charge is 2.36. The zero-order chi connectivity index (χ0) is 11.1. The molecule has 8 heteroatoms. The monoisotopic (exact) mass is 240 g/mol. The minimum Gasteiger partial charge on any atom is -0.435 e. The normalized spacial score (nSPS) is 14.1. The van der Waals surface area contributed by atoms with Crippen LogP contribution < -0.4 is 0 Å². The van der Waals surface area contributed by atoms with Gasteiger partial charge in [0.1, 0.15) is 0 Å². The lowest BCUT2D eigenvalue weighted by Gasteiger charge is -2.01. The lowest BCUT2D eigenvalue weighted by atomic mass is 10.2. The summed E-state index contributed by atoms with van der Waals surface area (Å²) in [5.41, 5.74) is 0. The standard InChI is InChI=1S/C6H8O6P2/c1-2-12-6(7)5(3-13(8)9)4-14(10)11/h2,5H,1,3-4H2/p+2. The van der Waals surface area contributed by atoms with Crippen LogP contribution in [0.25, 0.3) is 0 Å². The van der Waals surface area contributed by atoms with Crippen molar-refractivity contribution in [1.29, 1.82) is 0 Å². The van der Waals surface area contributed by atoms with Crippen molar-refractivity contribution in [1.82, 2.24) is 0 Å². The highest BCUT2D eigenvalue weighted by atomic mass is 31.1. The molecule has 78 valence electrons. The summed E-state index contributed by atoms with van der Waals surface area (Å²) in [6.45, 7) is 3.13. The van der Waals surface area contributed by atoms with Crippen molar-refractivity contribution in [2.75, 3.05) is 12.3 Å². The SMILES string of the molecule is C=COC(=O)C(C[P+](=O)O)C[P+](=O)O. The van der Waals surface area contributed by atoms with Crippen LogP contribution in [0.2, 0.25) is 0 Å². The first-order chi connectivity index (χ1) is 6.47. The fourth-order valence-corrected chi connectivity index (χ4v) is 2.28. The Balaban J connectivity index is 4.36. The van der Waals surface area contributed by atoms with E-state index < -0.39 is 27.9 Å². The summed E-state index contributed by atoms with van der Waals surface area (Å²) in [6.07, 6.45) is 0.0947. The highest BCUT2D eigenvalue weighted by molar-refractivity contribution is 7.39. The Bertz CT molecular complexity index is 247. The molecule has 0 aromatic heterocycles. The number of hydrogen-bond acceptors (Lipinski definition) is 4. The molecule has 2 atom stereocenters. The lowest BCUT2D eigenvalue weighted by molar-refractivity contribution is -0.141. The highest BCUT2D eigenvalue weighted by Crippen LogP contribution is 2.26. The first kappa shape index (κ1) is 13.3. The minimum atomic E-state index is -2.54. The van der Waals surface area contributed by atoms with Gasteiger partial charge in [-0.15, -0.1) is 0 Å². The molecule has 0 bridgehead atoms. The molecule has 0 aliphatic rings. The van der Waals surface area contributed by atoms with E-state index in [1.54, 1.807) is 0 Å². The van der Waals surface area contributed by atoms with E-state index in [1.807, 2.05) is 0 Å². The topological polar surface area (TPSA) is 101 Å². The predicted molar refractivity (Wildman–Crippen MR) is 49.2 cm³/mol. The van der Waals surface area contributed by atoms with Crippen LogP contribution in [0.15, 0.2) is 12.8 Å². The molecule has 0 rings (SSSR count). The Kier molecular flexibility index (Phi) is 6.41. The number of carbonyl (C=O) groups is 1. The zero-order valence-electron chi connectivity index (χ0n) is 7.20. The molecule has 0 aromatic carbocycles. The average molecular weight is 240 g/mol. The molecule has 6 nitrogen and oxygen atoms in total. The Morgan fingerprint density at radius 1 is 1.36 bits per heavy atom. The molecule has 0 heterocycles. The van der Waals surface area contributed by atoms with Gasteiger partial charge in [-0.05, 0) is 9.13 Å². The summed E-state index contributed by atoms with van der Waals surface area (Å²) in [5.74, 6) is -1.87. The molecule has 14 heavy (non-hydrogen) atoms. The van der Waals surface area contributed by atoms with Gasteiger partial charge in [-0.2, -0.15) is 9.79 Å². The van der Waals surface area contributed by atoms with Crippen molar-refractivity contribution >= 4 is 22.0 Å². The molecule has 0 aliphatic carbocycles. The van der Waals surface area contributed by atoms with Crippen molar-refractivity contribution in [2.45, 2.75) is 0 Å².